The number of imide groups is 1. The molecule has 1 aromatic carbocycles. The van der Waals surface area contributed by atoms with Crippen molar-refractivity contribution in [1.29, 1.82) is 0 Å². The van der Waals surface area contributed by atoms with Crippen molar-refractivity contribution in [2.75, 3.05) is 11.4 Å². The molecule has 0 radical (unpaired) electrons. The number of anilines is 1. The predicted molar refractivity (Wildman–Crippen MR) is 87.9 cm³/mol. The Morgan fingerprint density at radius 1 is 1.16 bits per heavy atom. The molecule has 3 rings (SSSR count). The third kappa shape index (κ3) is 3.33. The van der Waals surface area contributed by atoms with Crippen molar-refractivity contribution in [2.24, 2.45) is 0 Å². The van der Waals surface area contributed by atoms with Gasteiger partial charge in [-0.25, -0.2) is 9.69 Å². The molecular formula is C17H19N3O5. The van der Waals surface area contributed by atoms with E-state index in [9.17, 15) is 19.2 Å². The van der Waals surface area contributed by atoms with Gasteiger partial charge in [0.05, 0.1) is 11.7 Å². The van der Waals surface area contributed by atoms with Crippen LogP contribution in [0.3, 0.4) is 0 Å². The number of carbonyl (C=O) groups excluding carboxylic acids is 3. The van der Waals surface area contributed by atoms with Crippen LogP contribution >= 0.6 is 0 Å². The minimum absolute atomic E-state index is 0.0715. The van der Waals surface area contributed by atoms with Gasteiger partial charge in [0.2, 0.25) is 5.91 Å². The zero-order valence-corrected chi connectivity index (χ0v) is 13.6. The van der Waals surface area contributed by atoms with Gasteiger partial charge < -0.3 is 15.3 Å². The van der Waals surface area contributed by atoms with Gasteiger partial charge in [-0.1, -0.05) is 18.2 Å². The van der Waals surface area contributed by atoms with Crippen LogP contribution < -0.4 is 10.2 Å². The molecule has 0 aliphatic carbocycles. The van der Waals surface area contributed by atoms with Gasteiger partial charge in [0.25, 0.3) is 5.91 Å². The standard InChI is InChI=1S/C17H19N3O5/c21-13(7-4-8-14(22)23)19-10-9-12-15(19)16(24)20(17(25)18-12)11-5-2-1-3-6-11/h1-3,5-6,12,15H,4,7-10H2,(H,18,25)(H,22,23)/t12-,15+/m1/s1. The van der Waals surface area contributed by atoms with Crippen molar-refractivity contribution in [3.05, 3.63) is 30.3 Å². The summed E-state index contributed by atoms with van der Waals surface area (Å²) in [7, 11) is 0. The van der Waals surface area contributed by atoms with E-state index < -0.39 is 30.0 Å². The lowest BCUT2D eigenvalue weighted by Crippen LogP contribution is -2.65. The zero-order chi connectivity index (χ0) is 18.0. The molecule has 25 heavy (non-hydrogen) atoms. The fourth-order valence-corrected chi connectivity index (χ4v) is 3.34. The minimum atomic E-state index is -0.955. The summed E-state index contributed by atoms with van der Waals surface area (Å²) in [5.41, 5.74) is 0.452. The maximum Gasteiger partial charge on any atom is 0.329 e. The summed E-state index contributed by atoms with van der Waals surface area (Å²) in [5.74, 6) is -1.64. The maximum atomic E-state index is 12.9. The van der Waals surface area contributed by atoms with Gasteiger partial charge in [-0.15, -0.1) is 0 Å². The number of hydrogen-bond acceptors (Lipinski definition) is 4. The molecule has 2 fully saturated rings. The quantitative estimate of drug-likeness (QED) is 0.827. The first-order valence-corrected chi connectivity index (χ1v) is 8.20. The number of rotatable bonds is 5. The Morgan fingerprint density at radius 2 is 1.88 bits per heavy atom. The summed E-state index contributed by atoms with van der Waals surface area (Å²) in [5, 5.41) is 11.5. The molecule has 0 unspecified atom stereocenters. The number of nitrogens with zero attached hydrogens (tertiary/aromatic N) is 2. The number of amides is 4. The number of benzene rings is 1. The summed E-state index contributed by atoms with van der Waals surface area (Å²) in [4.78, 5) is 50.7. The van der Waals surface area contributed by atoms with Gasteiger partial charge in [0.1, 0.15) is 6.04 Å². The first kappa shape index (κ1) is 16.9. The molecule has 132 valence electrons. The van der Waals surface area contributed by atoms with Gasteiger partial charge >= 0.3 is 12.0 Å². The van der Waals surface area contributed by atoms with Crippen LogP contribution in [0.1, 0.15) is 25.7 Å². The van der Waals surface area contributed by atoms with E-state index in [0.717, 1.165) is 4.90 Å². The van der Waals surface area contributed by atoms with Crippen LogP contribution in [0.4, 0.5) is 10.5 Å². The van der Waals surface area contributed by atoms with Gasteiger partial charge in [-0.2, -0.15) is 0 Å². The first-order valence-electron chi connectivity index (χ1n) is 8.20. The topological polar surface area (TPSA) is 107 Å². The molecule has 2 N–H and O–H groups in total. The van der Waals surface area contributed by atoms with E-state index in [1.54, 1.807) is 30.3 Å². The maximum absolute atomic E-state index is 12.9. The van der Waals surface area contributed by atoms with Crippen molar-refractivity contribution in [3.63, 3.8) is 0 Å². The van der Waals surface area contributed by atoms with Crippen LogP contribution in [-0.4, -0.2) is 52.4 Å². The molecule has 8 heteroatoms. The fraction of sp³-hybridized carbons (Fsp3) is 0.412. The highest BCUT2D eigenvalue weighted by Gasteiger charge is 2.49. The Balaban J connectivity index is 1.76. The highest BCUT2D eigenvalue weighted by atomic mass is 16.4. The Morgan fingerprint density at radius 3 is 2.56 bits per heavy atom. The number of carbonyl (C=O) groups is 4. The smallest absolute Gasteiger partial charge is 0.329 e. The molecule has 2 atom stereocenters. The van der Waals surface area contributed by atoms with Gasteiger partial charge in [0.15, 0.2) is 0 Å². The third-order valence-electron chi connectivity index (χ3n) is 4.50. The molecule has 0 aromatic heterocycles. The Kier molecular flexibility index (Phi) is 4.69. The second kappa shape index (κ2) is 6.92. The monoisotopic (exact) mass is 345 g/mol. The number of para-hydroxylation sites is 1. The van der Waals surface area contributed by atoms with Crippen molar-refractivity contribution >= 4 is 29.5 Å². The predicted octanol–water partition coefficient (Wildman–Crippen LogP) is 0.967. The average Bonchev–Trinajstić information content (AvgIpc) is 2.99. The van der Waals surface area contributed by atoms with Gasteiger partial charge in [-0.3, -0.25) is 14.4 Å². The van der Waals surface area contributed by atoms with E-state index in [2.05, 4.69) is 5.32 Å². The number of carboxylic acid groups (broad SMARTS) is 1. The van der Waals surface area contributed by atoms with Crippen molar-refractivity contribution in [1.82, 2.24) is 10.2 Å². The molecule has 1 aromatic rings. The molecule has 2 aliphatic rings. The van der Waals surface area contributed by atoms with Crippen molar-refractivity contribution in [2.45, 2.75) is 37.8 Å². The summed E-state index contributed by atoms with van der Waals surface area (Å²) >= 11 is 0. The SMILES string of the molecule is O=C(O)CCCC(=O)N1CC[C@H]2NC(=O)N(c3ccccc3)C(=O)[C@H]21. The van der Waals surface area contributed by atoms with E-state index in [1.165, 1.54) is 4.90 Å². The highest BCUT2D eigenvalue weighted by molar-refractivity contribution is 6.19. The first-order chi connectivity index (χ1) is 12.0. The molecule has 2 aliphatic heterocycles. The highest BCUT2D eigenvalue weighted by Crippen LogP contribution is 2.28. The third-order valence-corrected chi connectivity index (χ3v) is 4.50. The zero-order valence-electron chi connectivity index (χ0n) is 13.6. The number of nitrogens with one attached hydrogen (secondary N) is 1. The molecule has 4 amide bonds. The van der Waals surface area contributed by atoms with Crippen LogP contribution in [0.2, 0.25) is 0 Å². The van der Waals surface area contributed by atoms with Crippen LogP contribution in [0.5, 0.6) is 0 Å². The number of carboxylic acids is 1. The van der Waals surface area contributed by atoms with Crippen molar-refractivity contribution in [3.8, 4) is 0 Å². The Hall–Kier alpha value is -2.90. The van der Waals surface area contributed by atoms with Crippen molar-refractivity contribution < 1.29 is 24.3 Å². The van der Waals surface area contributed by atoms with E-state index in [4.69, 9.17) is 5.11 Å². The molecule has 2 heterocycles. The van der Waals surface area contributed by atoms with Crippen LogP contribution in [0, 0.1) is 0 Å². The van der Waals surface area contributed by atoms with Crippen LogP contribution in [0.25, 0.3) is 0 Å². The van der Waals surface area contributed by atoms with E-state index in [0.29, 0.717) is 18.7 Å². The molecule has 0 bridgehead atoms. The number of urea groups is 1. The minimum Gasteiger partial charge on any atom is -0.481 e. The lowest BCUT2D eigenvalue weighted by Gasteiger charge is -2.36. The van der Waals surface area contributed by atoms with Gasteiger partial charge in [0, 0.05) is 19.4 Å². The summed E-state index contributed by atoms with van der Waals surface area (Å²) in [6, 6.07) is 6.93. The second-order valence-electron chi connectivity index (χ2n) is 6.13. The Labute approximate surface area is 144 Å². The normalized spacial score (nSPS) is 22.6. The molecule has 8 nitrogen and oxygen atoms in total. The number of aliphatic carboxylic acids is 1. The number of fused-ring (bicyclic) bond motifs is 1. The van der Waals surface area contributed by atoms with E-state index >= 15 is 0 Å². The Bertz CT molecular complexity index is 705. The fourth-order valence-electron chi connectivity index (χ4n) is 3.34. The summed E-state index contributed by atoms with van der Waals surface area (Å²) < 4.78 is 0. The lowest BCUT2D eigenvalue weighted by atomic mass is 10.0. The molecular weight excluding hydrogens is 326 g/mol. The number of likely N-dealkylation sites (tertiary alicyclic amines) is 1. The molecule has 2 saturated heterocycles. The molecule has 0 saturated carbocycles. The number of hydrogen-bond donors (Lipinski definition) is 2. The summed E-state index contributed by atoms with van der Waals surface area (Å²) in [6.07, 6.45) is 0.719. The molecule has 0 spiro atoms. The van der Waals surface area contributed by atoms with E-state index in [1.807, 2.05) is 0 Å². The van der Waals surface area contributed by atoms with Crippen LogP contribution in [-0.2, 0) is 14.4 Å². The lowest BCUT2D eigenvalue weighted by molar-refractivity contribution is -0.139. The van der Waals surface area contributed by atoms with Gasteiger partial charge in [-0.05, 0) is 25.0 Å². The second-order valence-corrected chi connectivity index (χ2v) is 6.13. The largest absolute Gasteiger partial charge is 0.481 e. The summed E-state index contributed by atoms with van der Waals surface area (Å²) in [6.45, 7) is 0.371. The average molecular weight is 345 g/mol. The van der Waals surface area contributed by atoms with Crippen LogP contribution in [0.15, 0.2) is 30.3 Å². The van der Waals surface area contributed by atoms with E-state index in [-0.39, 0.29) is 25.2 Å².